The fourth-order valence-corrected chi connectivity index (χ4v) is 0. The van der Waals surface area contributed by atoms with E-state index in [1.807, 2.05) is 0 Å². The van der Waals surface area contributed by atoms with Crippen LogP contribution in [0.3, 0.4) is 0 Å². The zero-order valence-corrected chi connectivity index (χ0v) is 8.70. The SMILES string of the molecule is [CH2]N(C)OC.[Cl][Al]([Cl])[Cl]. The molecule has 0 aromatic carbocycles. The highest BCUT2D eigenvalue weighted by molar-refractivity contribution is 7.54. The minimum absolute atomic E-state index is 1.38. The molecule has 1 radical (unpaired) electrons. The second-order valence-corrected chi connectivity index (χ2v) is 7.49. The van der Waals surface area contributed by atoms with E-state index in [2.05, 4.69) is 11.9 Å². The third-order valence-corrected chi connectivity index (χ3v) is 0.312. The molecular weight excluding hydrogens is 199 g/mol. The van der Waals surface area contributed by atoms with Crippen LogP contribution in [-0.2, 0) is 4.84 Å². The Hall–Kier alpha value is 1.32. The molecule has 0 N–H and O–H groups in total. The average molecular weight is 207 g/mol. The van der Waals surface area contributed by atoms with Gasteiger partial charge in [0.05, 0.1) is 7.11 Å². The number of halogens is 3. The maximum atomic E-state index is 4.94. The molecule has 0 bridgehead atoms. The van der Waals surface area contributed by atoms with E-state index in [4.69, 9.17) is 30.1 Å². The molecular formula is C3H8AlCl3NO. The molecule has 0 aromatic rings. The van der Waals surface area contributed by atoms with E-state index >= 15 is 0 Å². The van der Waals surface area contributed by atoms with E-state index < -0.39 is 11.4 Å². The fourth-order valence-electron chi connectivity index (χ4n) is 0. The van der Waals surface area contributed by atoms with Gasteiger partial charge in [-0.1, -0.05) is 0 Å². The molecule has 0 atom stereocenters. The van der Waals surface area contributed by atoms with E-state index in [1.54, 1.807) is 14.2 Å². The summed E-state index contributed by atoms with van der Waals surface area (Å²) in [6.07, 6.45) is 0. The maximum absolute atomic E-state index is 4.94. The first-order valence-electron chi connectivity index (χ1n) is 2.01. The minimum Gasteiger partial charge on any atom is -0.303 e. The van der Waals surface area contributed by atoms with Crippen LogP contribution in [-0.4, -0.2) is 30.6 Å². The second-order valence-electron chi connectivity index (χ2n) is 1.06. The van der Waals surface area contributed by atoms with Crippen molar-refractivity contribution in [1.82, 2.24) is 5.06 Å². The van der Waals surface area contributed by atoms with Crippen molar-refractivity contribution in [2.24, 2.45) is 0 Å². The van der Waals surface area contributed by atoms with Crippen molar-refractivity contribution in [1.29, 1.82) is 0 Å². The van der Waals surface area contributed by atoms with E-state index in [1.165, 1.54) is 5.06 Å². The molecule has 0 aliphatic heterocycles. The molecule has 0 fully saturated rings. The Bertz CT molecular complexity index is 51.6. The third-order valence-electron chi connectivity index (χ3n) is 0.312. The van der Waals surface area contributed by atoms with Gasteiger partial charge < -0.3 is 4.84 Å². The topological polar surface area (TPSA) is 12.5 Å². The van der Waals surface area contributed by atoms with Crippen molar-refractivity contribution >= 4 is 41.5 Å². The molecule has 0 heterocycles. The first kappa shape index (κ1) is 13.0. The van der Waals surface area contributed by atoms with Crippen LogP contribution in [0.4, 0.5) is 0 Å². The molecule has 0 saturated heterocycles. The van der Waals surface area contributed by atoms with E-state index in [9.17, 15) is 0 Å². The van der Waals surface area contributed by atoms with Gasteiger partial charge in [0.15, 0.2) is 0 Å². The average Bonchev–Trinajstić information content (AvgIpc) is 1.65. The van der Waals surface area contributed by atoms with Crippen LogP contribution < -0.4 is 0 Å². The molecule has 0 aliphatic rings. The fraction of sp³-hybridized carbons (Fsp3) is 0.667. The normalized spacial score (nSPS) is 8.33. The Labute approximate surface area is 72.6 Å². The molecule has 6 heteroatoms. The van der Waals surface area contributed by atoms with Crippen LogP contribution in [0, 0.1) is 7.05 Å². The highest BCUT2D eigenvalue weighted by Gasteiger charge is 2.00. The number of hydrogen-bond donors (Lipinski definition) is 0. The van der Waals surface area contributed by atoms with Gasteiger partial charge in [0.25, 0.3) is 0 Å². The lowest BCUT2D eigenvalue weighted by Crippen LogP contribution is -2.04. The van der Waals surface area contributed by atoms with Gasteiger partial charge in [0.2, 0.25) is 0 Å². The lowest BCUT2D eigenvalue weighted by molar-refractivity contribution is -0.0679. The summed E-state index contributed by atoms with van der Waals surface area (Å²) in [5.41, 5.74) is 0. The van der Waals surface area contributed by atoms with Crippen LogP contribution >= 0.6 is 30.1 Å². The van der Waals surface area contributed by atoms with Crippen LogP contribution in [0.2, 0.25) is 0 Å². The minimum atomic E-state index is -1.72. The highest BCUT2D eigenvalue weighted by Crippen LogP contribution is 1.97. The summed E-state index contributed by atoms with van der Waals surface area (Å²) in [6.45, 7) is 0. The van der Waals surface area contributed by atoms with Crippen LogP contribution in [0.1, 0.15) is 0 Å². The van der Waals surface area contributed by atoms with Gasteiger partial charge in [0, 0.05) is 14.1 Å². The summed E-state index contributed by atoms with van der Waals surface area (Å²) in [4.78, 5) is 4.47. The number of hydrogen-bond acceptors (Lipinski definition) is 2. The molecule has 0 aromatic heterocycles. The second kappa shape index (κ2) is 9.32. The zero-order valence-electron chi connectivity index (χ0n) is 5.27. The van der Waals surface area contributed by atoms with Crippen molar-refractivity contribution in [2.45, 2.75) is 0 Å². The molecule has 0 saturated carbocycles. The van der Waals surface area contributed by atoms with Crippen LogP contribution in [0.5, 0.6) is 0 Å². The summed E-state index contributed by atoms with van der Waals surface area (Å²) in [5, 5.41) is 1.38. The Kier molecular flexibility index (Phi) is 13.4. The van der Waals surface area contributed by atoms with Crippen molar-refractivity contribution in [3.05, 3.63) is 7.05 Å². The third kappa shape index (κ3) is 45.3. The Morgan fingerprint density at radius 3 is 1.56 bits per heavy atom. The largest absolute Gasteiger partial charge is 0.643 e. The van der Waals surface area contributed by atoms with Crippen molar-refractivity contribution < 1.29 is 4.84 Å². The van der Waals surface area contributed by atoms with Gasteiger partial charge in [0.1, 0.15) is 0 Å². The summed E-state index contributed by atoms with van der Waals surface area (Å²) in [5.74, 6) is 0. The van der Waals surface area contributed by atoms with Gasteiger partial charge in [-0.25, -0.2) is 30.1 Å². The molecule has 0 rings (SSSR count). The lowest BCUT2D eigenvalue weighted by atomic mass is 11.2. The van der Waals surface area contributed by atoms with Gasteiger partial charge in [-0.05, 0) is 0 Å². The van der Waals surface area contributed by atoms with Crippen molar-refractivity contribution in [3.63, 3.8) is 0 Å². The first-order chi connectivity index (χ1) is 4.00. The highest BCUT2D eigenvalue weighted by atomic mass is 35.8. The van der Waals surface area contributed by atoms with Gasteiger partial charge >= 0.3 is 11.4 Å². The summed E-state index contributed by atoms with van der Waals surface area (Å²) < 4.78 is 0. The molecule has 55 valence electrons. The zero-order chi connectivity index (χ0) is 7.86. The van der Waals surface area contributed by atoms with Crippen molar-refractivity contribution in [2.75, 3.05) is 14.2 Å². The smallest absolute Gasteiger partial charge is 0.303 e. The number of hydroxylamine groups is 2. The standard InChI is InChI=1S/C3H8NO.Al.3ClH/c1-4(2)5-3;;;;/h1H2,2-3H3;;3*1H/q;+3;;;/p-3. The van der Waals surface area contributed by atoms with E-state index in [0.29, 0.717) is 0 Å². The van der Waals surface area contributed by atoms with Gasteiger partial charge in [-0.15, -0.1) is 0 Å². The van der Waals surface area contributed by atoms with Crippen LogP contribution in [0.25, 0.3) is 0 Å². The number of nitrogens with zero attached hydrogens (tertiary/aromatic N) is 1. The summed E-state index contributed by atoms with van der Waals surface area (Å²) in [6, 6.07) is 0. The molecule has 0 aliphatic carbocycles. The van der Waals surface area contributed by atoms with Gasteiger partial charge in [-0.2, -0.15) is 5.06 Å². The predicted octanol–water partition coefficient (Wildman–Crippen LogP) is 1.96. The monoisotopic (exact) mass is 206 g/mol. The molecule has 0 amide bonds. The first-order valence-corrected chi connectivity index (χ1v) is 7.25. The number of rotatable bonds is 1. The van der Waals surface area contributed by atoms with E-state index in [-0.39, 0.29) is 0 Å². The predicted molar refractivity (Wildman–Crippen MR) is 43.4 cm³/mol. The maximum Gasteiger partial charge on any atom is 0.643 e. The Morgan fingerprint density at radius 2 is 1.56 bits per heavy atom. The Balaban J connectivity index is 0. The lowest BCUT2D eigenvalue weighted by Gasteiger charge is -2.00. The molecule has 9 heavy (non-hydrogen) atoms. The molecule has 0 unspecified atom stereocenters. The summed E-state index contributed by atoms with van der Waals surface area (Å²) in [7, 11) is 21.5. The molecule has 0 spiro atoms. The van der Waals surface area contributed by atoms with Crippen LogP contribution in [0.15, 0.2) is 0 Å². The van der Waals surface area contributed by atoms with Gasteiger partial charge in [-0.3, -0.25) is 0 Å². The van der Waals surface area contributed by atoms with E-state index in [0.717, 1.165) is 0 Å². The Morgan fingerprint density at radius 1 is 1.44 bits per heavy atom. The quantitative estimate of drug-likeness (QED) is 0.481. The molecule has 2 nitrogen and oxygen atoms in total. The van der Waals surface area contributed by atoms with Crippen molar-refractivity contribution in [3.8, 4) is 0 Å². The summed E-state index contributed by atoms with van der Waals surface area (Å²) >= 11 is -1.72.